The van der Waals surface area contributed by atoms with Crippen LogP contribution in [-0.2, 0) is 0 Å². The number of fused-ring (bicyclic) bond motifs is 3. The van der Waals surface area contributed by atoms with Crippen molar-refractivity contribution >= 4 is 94.1 Å². The van der Waals surface area contributed by atoms with Crippen LogP contribution in [0, 0.1) is 6.92 Å². The minimum absolute atomic E-state index is 0.802. The second kappa shape index (κ2) is 22.8. The number of benzene rings is 11. The largest absolute Gasteiger partial charge is 0.497 e. The van der Waals surface area contributed by atoms with Gasteiger partial charge in [-0.1, -0.05) is 66.2 Å². The highest BCUT2D eigenvalue weighted by atomic mass is 32.1. The molecule has 81 heavy (non-hydrogen) atoms. The Hall–Kier alpha value is -9.96. The third-order valence-electron chi connectivity index (χ3n) is 15.0. The zero-order valence-corrected chi connectivity index (χ0v) is 46.9. The first-order chi connectivity index (χ1) is 39.7. The molecule has 0 radical (unpaired) electrons. The van der Waals surface area contributed by atoms with Crippen molar-refractivity contribution in [2.24, 2.45) is 0 Å². The van der Waals surface area contributed by atoms with Crippen molar-refractivity contribution in [3.05, 3.63) is 260 Å². The van der Waals surface area contributed by atoms with E-state index in [0.717, 1.165) is 108 Å². The molecule has 0 unspecified atom stereocenters. The van der Waals surface area contributed by atoms with Crippen LogP contribution in [0.5, 0.6) is 23.0 Å². The lowest BCUT2D eigenvalue weighted by atomic mass is 10.0. The molecule has 398 valence electrons. The Morgan fingerprint density at radius 3 is 0.790 bits per heavy atom. The topological polar surface area (TPSA) is 49.9 Å². The van der Waals surface area contributed by atoms with E-state index in [1.807, 2.05) is 59.9 Å². The van der Waals surface area contributed by atoms with Crippen molar-refractivity contribution < 1.29 is 18.9 Å². The number of anilines is 11. The van der Waals surface area contributed by atoms with Gasteiger partial charge in [-0.2, -0.15) is 0 Å². The molecule has 12 rings (SSSR count). The second-order valence-electron chi connectivity index (χ2n) is 19.8. The SMILES string of the molecule is COc1ccc(N(c2ccc(OC)cc2)c2ccc(-c3ccc(N(c4ccc(OC)cc4)c4ccc(-c5ccc(N(c6ccc(OC)cc6)c6ccc7sc8ccc(N(C)c9ccc(C)cc9)cc8c7c6)cc5)cc4)cc3)cc2)cc1. The molecule has 0 saturated heterocycles. The summed E-state index contributed by atoms with van der Waals surface area (Å²) < 4.78 is 24.6. The lowest BCUT2D eigenvalue weighted by Gasteiger charge is -2.27. The van der Waals surface area contributed by atoms with E-state index in [1.165, 1.54) is 25.7 Å². The summed E-state index contributed by atoms with van der Waals surface area (Å²) in [6.45, 7) is 2.12. The molecule has 1 heterocycles. The molecular formula is C72H60N4O4S. The Morgan fingerprint density at radius 2 is 0.494 bits per heavy atom. The van der Waals surface area contributed by atoms with E-state index in [4.69, 9.17) is 18.9 Å². The zero-order valence-electron chi connectivity index (χ0n) is 46.1. The van der Waals surface area contributed by atoms with Crippen molar-refractivity contribution in [3.8, 4) is 45.3 Å². The molecule has 11 aromatic carbocycles. The van der Waals surface area contributed by atoms with E-state index in [2.05, 4.69) is 240 Å². The Morgan fingerprint density at radius 1 is 0.259 bits per heavy atom. The number of hydrogen-bond acceptors (Lipinski definition) is 9. The summed E-state index contributed by atoms with van der Waals surface area (Å²) in [5.41, 5.74) is 17.3. The normalized spacial score (nSPS) is 11.1. The number of ether oxygens (including phenoxy) is 4. The molecule has 0 amide bonds. The van der Waals surface area contributed by atoms with E-state index in [9.17, 15) is 0 Å². The molecule has 0 bridgehead atoms. The minimum Gasteiger partial charge on any atom is -0.497 e. The van der Waals surface area contributed by atoms with Crippen LogP contribution in [0.2, 0.25) is 0 Å². The number of thiophene rings is 1. The summed E-state index contributed by atoms with van der Waals surface area (Å²) in [4.78, 5) is 9.09. The highest BCUT2D eigenvalue weighted by molar-refractivity contribution is 7.25. The standard InChI is InChI=1S/C72H60N4O4S/c1-49-7-17-54(18-8-49)73(2)63-35-45-71-69(47-63)70-48-64(36-46-72(70)81-71)76(62-33-43-68(80-6)44-34-62)58-25-15-53(16-26-58)52-11-21-56(22-12-52)74(59-27-37-65(77-3)38-28-59)55-19-9-50(10-20-55)51-13-23-57(24-14-51)75(60-29-39-66(78-4)40-30-60)61-31-41-67(79-5)42-32-61/h7-48H,1-6H3. The maximum atomic E-state index is 5.60. The fourth-order valence-corrected chi connectivity index (χ4v) is 11.6. The summed E-state index contributed by atoms with van der Waals surface area (Å²) >= 11 is 1.83. The van der Waals surface area contributed by atoms with Crippen molar-refractivity contribution in [3.63, 3.8) is 0 Å². The zero-order chi connectivity index (χ0) is 55.4. The lowest BCUT2D eigenvalue weighted by Crippen LogP contribution is -2.10. The minimum atomic E-state index is 0.802. The Balaban J connectivity index is 0.825. The first-order valence-electron chi connectivity index (χ1n) is 26.9. The molecule has 0 N–H and O–H groups in total. The van der Waals surface area contributed by atoms with Gasteiger partial charge in [0.05, 0.1) is 28.4 Å². The smallest absolute Gasteiger partial charge is 0.119 e. The van der Waals surface area contributed by atoms with Crippen molar-refractivity contribution in [1.82, 2.24) is 0 Å². The predicted octanol–water partition coefficient (Wildman–Crippen LogP) is 19.9. The summed E-state index contributed by atoms with van der Waals surface area (Å²) in [6.07, 6.45) is 0. The van der Waals surface area contributed by atoms with Crippen LogP contribution in [0.25, 0.3) is 42.4 Å². The van der Waals surface area contributed by atoms with Gasteiger partial charge in [0.15, 0.2) is 0 Å². The maximum Gasteiger partial charge on any atom is 0.119 e. The van der Waals surface area contributed by atoms with Crippen LogP contribution in [0.15, 0.2) is 255 Å². The average molecular weight is 1080 g/mol. The number of aryl methyl sites for hydroxylation is 1. The lowest BCUT2D eigenvalue weighted by molar-refractivity contribution is 0.414. The number of hydrogen-bond donors (Lipinski definition) is 0. The predicted molar refractivity (Wildman–Crippen MR) is 340 cm³/mol. The highest BCUT2D eigenvalue weighted by Crippen LogP contribution is 2.44. The van der Waals surface area contributed by atoms with Gasteiger partial charge in [-0.25, -0.2) is 0 Å². The molecule has 0 saturated carbocycles. The van der Waals surface area contributed by atoms with Gasteiger partial charge in [0.1, 0.15) is 23.0 Å². The molecule has 0 atom stereocenters. The van der Waals surface area contributed by atoms with Crippen molar-refractivity contribution in [1.29, 1.82) is 0 Å². The summed E-state index contributed by atoms with van der Waals surface area (Å²) in [5, 5.41) is 2.47. The van der Waals surface area contributed by atoms with Crippen molar-refractivity contribution in [2.45, 2.75) is 6.92 Å². The van der Waals surface area contributed by atoms with Crippen LogP contribution in [0.1, 0.15) is 5.56 Å². The molecule has 0 aliphatic rings. The summed E-state index contributed by atoms with van der Waals surface area (Å²) in [7, 11) is 8.91. The number of methoxy groups -OCH3 is 4. The molecule has 8 nitrogen and oxygen atoms in total. The van der Waals surface area contributed by atoms with Gasteiger partial charge in [-0.15, -0.1) is 11.3 Å². The fraction of sp³-hybridized carbons (Fsp3) is 0.0833. The fourth-order valence-electron chi connectivity index (χ4n) is 10.5. The van der Waals surface area contributed by atoms with Gasteiger partial charge < -0.3 is 38.5 Å². The second-order valence-corrected chi connectivity index (χ2v) is 20.9. The van der Waals surface area contributed by atoms with Gasteiger partial charge in [0, 0.05) is 89.8 Å². The molecule has 0 aliphatic heterocycles. The summed E-state index contributed by atoms with van der Waals surface area (Å²) in [6, 6.07) is 90.2. The van der Waals surface area contributed by atoms with Gasteiger partial charge in [-0.05, 0) is 223 Å². The molecule has 0 spiro atoms. The Labute approximate surface area is 478 Å². The third-order valence-corrected chi connectivity index (χ3v) is 16.1. The first kappa shape index (κ1) is 51.8. The molecule has 9 heteroatoms. The average Bonchev–Trinajstić information content (AvgIpc) is 4.17. The van der Waals surface area contributed by atoms with E-state index in [1.54, 1.807) is 28.4 Å². The first-order valence-corrected chi connectivity index (χ1v) is 27.7. The van der Waals surface area contributed by atoms with E-state index < -0.39 is 0 Å². The summed E-state index contributed by atoms with van der Waals surface area (Å²) in [5.74, 6) is 3.23. The quantitative estimate of drug-likeness (QED) is 0.0894. The third kappa shape index (κ3) is 10.7. The van der Waals surface area contributed by atoms with Gasteiger partial charge in [-0.3, -0.25) is 0 Å². The monoisotopic (exact) mass is 1080 g/mol. The van der Waals surface area contributed by atoms with E-state index in [-0.39, 0.29) is 0 Å². The van der Waals surface area contributed by atoms with Crippen LogP contribution < -0.4 is 38.5 Å². The highest BCUT2D eigenvalue weighted by Gasteiger charge is 2.19. The van der Waals surface area contributed by atoms with E-state index in [0.29, 0.717) is 0 Å². The van der Waals surface area contributed by atoms with Crippen LogP contribution in [-0.4, -0.2) is 35.5 Å². The molecule has 0 fully saturated rings. The maximum absolute atomic E-state index is 5.60. The number of nitrogens with zero attached hydrogens (tertiary/aromatic N) is 4. The van der Waals surface area contributed by atoms with Crippen LogP contribution in [0.3, 0.4) is 0 Å². The van der Waals surface area contributed by atoms with Gasteiger partial charge in [0.25, 0.3) is 0 Å². The molecule has 0 aliphatic carbocycles. The Kier molecular flexibility index (Phi) is 14.6. The molecule has 12 aromatic rings. The van der Waals surface area contributed by atoms with Gasteiger partial charge >= 0.3 is 0 Å². The molecule has 1 aromatic heterocycles. The Bertz CT molecular complexity index is 4030. The van der Waals surface area contributed by atoms with Crippen LogP contribution in [0.4, 0.5) is 62.6 Å². The molecular weight excluding hydrogens is 1020 g/mol. The van der Waals surface area contributed by atoms with Crippen LogP contribution >= 0.6 is 11.3 Å². The number of rotatable bonds is 17. The van der Waals surface area contributed by atoms with Gasteiger partial charge in [0.2, 0.25) is 0 Å². The van der Waals surface area contributed by atoms with E-state index >= 15 is 0 Å². The van der Waals surface area contributed by atoms with Crippen molar-refractivity contribution in [2.75, 3.05) is 55.1 Å².